The van der Waals surface area contributed by atoms with Gasteiger partial charge in [-0.15, -0.1) is 0 Å². The number of aliphatic hydroxyl groups is 4. The normalized spacial score (nSPS) is 25.9. The summed E-state index contributed by atoms with van der Waals surface area (Å²) in [5, 5.41) is 46.6. The Bertz CT molecular complexity index is 4370. The van der Waals surface area contributed by atoms with Gasteiger partial charge in [0.25, 0.3) is 0 Å². The third-order valence-corrected chi connectivity index (χ3v) is 31.6. The van der Waals surface area contributed by atoms with E-state index in [0.29, 0.717) is 94.6 Å². The molecule has 0 aromatic heterocycles. The van der Waals surface area contributed by atoms with E-state index in [9.17, 15) is 107 Å². The second kappa shape index (κ2) is 41.5. The number of halogens is 8. The molecule has 9 saturated carbocycles. The van der Waals surface area contributed by atoms with Gasteiger partial charge in [0.2, 0.25) is 0 Å². The van der Waals surface area contributed by atoms with Crippen LogP contribution in [0, 0.1) is 61.6 Å². The van der Waals surface area contributed by atoms with Crippen molar-refractivity contribution in [3.8, 4) is 5.75 Å². The summed E-state index contributed by atoms with van der Waals surface area (Å²) in [5.74, 6) is -5.00. The highest BCUT2D eigenvalue weighted by Crippen LogP contribution is 2.73. The van der Waals surface area contributed by atoms with Crippen LogP contribution in [0.1, 0.15) is 294 Å². The lowest BCUT2D eigenvalue weighted by atomic mass is 9.37. The molecule has 13 rings (SSSR count). The molecule has 0 radical (unpaired) electrons. The number of hydrogen-bond donors (Lipinski definition) is 5. The van der Waals surface area contributed by atoms with E-state index in [4.69, 9.17) is 33.5 Å². The summed E-state index contributed by atoms with van der Waals surface area (Å²) in [6.07, 6.45) is 0.0326. The first-order valence-corrected chi connectivity index (χ1v) is 47.5. The van der Waals surface area contributed by atoms with Crippen LogP contribution >= 0.6 is 0 Å². The first-order chi connectivity index (χ1) is 59.2. The van der Waals surface area contributed by atoms with E-state index in [1.54, 1.807) is 32.9 Å². The SMILES string of the molecule is CCC(C)(C)C(=O)OC(C)C(F)(F)S(=O)(=O)[O-].CCC(C)(C)C(=O)OC12CC3CC(C(C)(C)O)(C1)CC(C(C)(C)O)(C3)C2.CCC(C)(C)C(=O)OC12CC3CC(CC(O)(C3)C1)C2.CCC(C)(C)C(=O)OC1CCC(C(C)(C)OC(=O)COC(=O)C(O)(C(F)(F)F)C(F)(F)F)CC1.CCC(C)(C)C(=O)OC1COC(=O)C1.Oc1ccc([S+](c2ccccc2)c2ccccc2)cc1. The summed E-state index contributed by atoms with van der Waals surface area (Å²) < 4.78 is 174. The molecule has 9 aliphatic carbocycles. The number of benzene rings is 3. The molecule has 1 saturated heterocycles. The molecule has 0 amide bonds. The van der Waals surface area contributed by atoms with Crippen LogP contribution in [0.3, 0.4) is 0 Å². The highest BCUT2D eigenvalue weighted by molar-refractivity contribution is 7.97. The second-order valence-corrected chi connectivity index (χ2v) is 45.3. The molecule has 736 valence electrons. The Labute approximate surface area is 763 Å². The van der Waals surface area contributed by atoms with Crippen molar-refractivity contribution in [1.29, 1.82) is 0 Å². The lowest BCUT2D eigenvalue weighted by Crippen LogP contribution is -2.70. The van der Waals surface area contributed by atoms with Gasteiger partial charge >= 0.3 is 71.0 Å². The fourth-order valence-corrected chi connectivity index (χ4v) is 20.8. The first kappa shape index (κ1) is 112. The summed E-state index contributed by atoms with van der Waals surface area (Å²) in [7, 11) is -5.99. The number of esters is 8. The maximum Gasteiger partial charge on any atom is 0.437 e. The lowest BCUT2D eigenvalue weighted by molar-refractivity contribution is -0.357. The largest absolute Gasteiger partial charge is 0.743 e. The summed E-state index contributed by atoms with van der Waals surface area (Å²) >= 11 is 0. The molecule has 6 atom stereocenters. The third-order valence-electron chi connectivity index (χ3n) is 28.4. The van der Waals surface area contributed by atoms with Crippen LogP contribution in [0.2, 0.25) is 0 Å². The van der Waals surface area contributed by atoms with Crippen LogP contribution in [0.5, 0.6) is 5.75 Å². The molecule has 8 bridgehead atoms. The summed E-state index contributed by atoms with van der Waals surface area (Å²) in [4.78, 5) is 98.4. The highest BCUT2D eigenvalue weighted by Gasteiger charge is 2.77. The van der Waals surface area contributed by atoms with E-state index in [2.05, 4.69) is 58.0 Å². The molecule has 1 aliphatic heterocycles. The van der Waals surface area contributed by atoms with Crippen LogP contribution in [0.4, 0.5) is 35.1 Å². The monoisotopic (exact) mass is 1890 g/mol. The van der Waals surface area contributed by atoms with Crippen molar-refractivity contribution in [2.45, 2.75) is 383 Å². The average Bonchev–Trinajstić information content (AvgIpc) is 0.799. The third kappa shape index (κ3) is 27.1. The number of ether oxygens (including phenoxy) is 8. The predicted molar refractivity (Wildman–Crippen MR) is 465 cm³/mol. The lowest BCUT2D eigenvalue weighted by Gasteiger charge is -2.70. The second-order valence-electron chi connectivity index (χ2n) is 41.8. The average molecular weight is 1890 g/mol. The van der Waals surface area contributed by atoms with Crippen molar-refractivity contribution in [3.63, 3.8) is 0 Å². The molecule has 1 heterocycles. The number of aromatic hydroxyl groups is 1. The van der Waals surface area contributed by atoms with Gasteiger partial charge in [-0.05, 0) is 318 Å². The number of rotatable bonds is 27. The molecule has 3 aromatic rings. The minimum Gasteiger partial charge on any atom is -0.743 e. The van der Waals surface area contributed by atoms with Gasteiger partial charge in [-0.1, -0.05) is 71.0 Å². The van der Waals surface area contributed by atoms with Crippen molar-refractivity contribution in [1.82, 2.24) is 0 Å². The first-order valence-electron chi connectivity index (χ1n) is 44.8. The number of phenols is 1. The molecule has 130 heavy (non-hydrogen) atoms. The van der Waals surface area contributed by atoms with E-state index in [0.717, 1.165) is 64.2 Å². The summed E-state index contributed by atoms with van der Waals surface area (Å²) in [5.41, 5.74) is -13.8. The van der Waals surface area contributed by atoms with Gasteiger partial charge in [0.15, 0.2) is 37.5 Å². The van der Waals surface area contributed by atoms with Crippen LogP contribution in [-0.2, 0) is 97.3 Å². The van der Waals surface area contributed by atoms with Gasteiger partial charge in [0.1, 0.15) is 41.4 Å². The van der Waals surface area contributed by atoms with Gasteiger partial charge in [-0.25, -0.2) is 18.0 Å². The molecule has 10 aliphatic rings. The minimum atomic E-state index is -6.42. The molecule has 24 nitrogen and oxygen atoms in total. The van der Waals surface area contributed by atoms with Crippen molar-refractivity contribution in [2.24, 2.45) is 61.6 Å². The van der Waals surface area contributed by atoms with Crippen molar-refractivity contribution < 1.29 is 150 Å². The molecular formula is C96H140F8O24S2. The smallest absolute Gasteiger partial charge is 0.437 e. The standard InChI is InChI=1S/C22H38O4.C21H30F6O7.C18H14OS.C16H26O3.C10H16O4.C9H16F2O5S/c1-8-17(2,3)16(23)26-22-11-15-9-20(13-22,18(4,5)24)12-21(10-15,14-22)19(6,7)25;1-6-17(2,3)15(29)33-13-9-7-12(8-10-13)18(4,5)34-14(28)11-32-16(30)19(31,20(22,23)24)21(25,26)27;19-15-11-13-18(14-12-15)20(16-7-3-1-4-8-16)17-9-5-2-6-10-17;1-4-14(2,3)13(17)19-16-8-11-5-12(9-16)7-15(18,6-11)10-16;1-4-10(2,3)9(12)14-7-5-8(11)13-6-7;1-5-8(3,4)7(12)16-6(2)9(10,11)17(13,14)15/h15,24-25H,8-14H2,1-7H3;12-13,31H,6-11H2,1-5H3;1-14H;11-12,18H,4-10H2,1-3H3;7H,4-6H2,1-3H3;6H,5H2,1-4H3,(H,13,14,15). The van der Waals surface area contributed by atoms with Gasteiger partial charge in [-0.3, -0.25) is 28.8 Å². The zero-order chi connectivity index (χ0) is 99.1. The number of alkyl halides is 8. The van der Waals surface area contributed by atoms with Gasteiger partial charge in [0, 0.05) is 17.3 Å². The topological polar surface area (TPSA) is 369 Å². The van der Waals surface area contributed by atoms with E-state index in [-0.39, 0.29) is 88.3 Å². The molecule has 6 unspecified atom stereocenters. The van der Waals surface area contributed by atoms with E-state index in [1.165, 1.54) is 48.8 Å². The number of cyclic esters (lactones) is 1. The molecular weight excluding hydrogens is 1750 g/mol. The maximum atomic E-state index is 13.0. The summed E-state index contributed by atoms with van der Waals surface area (Å²) in [6, 6.07) is 28.5. The zero-order valence-corrected chi connectivity index (χ0v) is 81.1. The van der Waals surface area contributed by atoms with Crippen molar-refractivity contribution >= 4 is 68.8 Å². The fraction of sp³-hybridized carbons (Fsp3) is 0.729. The maximum absolute atomic E-state index is 13.0. The Morgan fingerprint density at radius 1 is 0.500 bits per heavy atom. The Morgan fingerprint density at radius 2 is 0.885 bits per heavy atom. The van der Waals surface area contributed by atoms with Gasteiger partial charge in [0.05, 0.1) is 61.2 Å². The molecule has 10 fully saturated rings. The number of hydrogen-bond acceptors (Lipinski definition) is 24. The van der Waals surface area contributed by atoms with Gasteiger partial charge in [-0.2, -0.15) is 35.1 Å². The Morgan fingerprint density at radius 3 is 1.26 bits per heavy atom. The van der Waals surface area contributed by atoms with Crippen molar-refractivity contribution in [3.05, 3.63) is 84.9 Å². The minimum absolute atomic E-state index is 0.0828. The van der Waals surface area contributed by atoms with Crippen LogP contribution in [0.15, 0.2) is 99.6 Å². The molecule has 0 spiro atoms. The molecule has 3 aromatic carbocycles. The zero-order valence-electron chi connectivity index (χ0n) is 79.4. The Kier molecular flexibility index (Phi) is 35.6. The fourth-order valence-electron chi connectivity index (χ4n) is 18.3. The van der Waals surface area contributed by atoms with Crippen LogP contribution < -0.4 is 0 Å². The van der Waals surface area contributed by atoms with Gasteiger partial charge < -0.3 is 68.0 Å². The van der Waals surface area contributed by atoms with E-state index in [1.807, 2.05) is 121 Å². The predicted octanol–water partition coefficient (Wildman–Crippen LogP) is 18.8. The van der Waals surface area contributed by atoms with Crippen molar-refractivity contribution in [2.75, 3.05) is 13.2 Å². The Hall–Kier alpha value is -7.24. The number of phenolic OH excluding ortho intramolecular Hbond substituents is 1. The Balaban J connectivity index is 0.000000246. The quantitative estimate of drug-likeness (QED) is 0.0156. The van der Waals surface area contributed by atoms with E-state index < -0.39 is 119 Å². The highest BCUT2D eigenvalue weighted by atomic mass is 32.2. The molecule has 5 N–H and O–H groups in total. The van der Waals surface area contributed by atoms with E-state index >= 15 is 0 Å². The molecule has 34 heteroatoms. The van der Waals surface area contributed by atoms with Crippen LogP contribution in [-0.4, -0.2) is 175 Å². The number of carbonyl (C=O) groups is 8. The number of carbonyl (C=O) groups excluding carboxylic acids is 8. The summed E-state index contributed by atoms with van der Waals surface area (Å²) in [6.45, 7) is 37.2. The van der Waals surface area contributed by atoms with Crippen LogP contribution in [0.25, 0.3) is 0 Å².